The minimum absolute atomic E-state index is 0.288. The van der Waals surface area contributed by atoms with Crippen LogP contribution in [0.1, 0.15) is 22.6 Å². The second kappa shape index (κ2) is 6.31. The van der Waals surface area contributed by atoms with Crippen LogP contribution in [0.5, 0.6) is 0 Å². The molecular weight excluding hydrogens is 306 g/mol. The third-order valence-electron chi connectivity index (χ3n) is 5.20. The number of hydrogen-bond acceptors (Lipinski definition) is 6. The van der Waals surface area contributed by atoms with Crippen molar-refractivity contribution < 1.29 is 9.26 Å². The summed E-state index contributed by atoms with van der Waals surface area (Å²) in [6, 6.07) is 0.444. The summed E-state index contributed by atoms with van der Waals surface area (Å²) in [5, 5.41) is 8.35. The van der Waals surface area contributed by atoms with Crippen LogP contribution in [-0.4, -0.2) is 63.1 Å². The standard InChI is InChI=1S/C17H25N5O2/c1-12-15(13(2)24-19-12)9-21-10-16-17(11-21)23-5-4-22(16)8-14-6-18-20(3)7-14/h6-7,16-17H,4-5,8-11H2,1-3H3/t16-,17+/m0/s1. The number of nitrogens with zero attached hydrogens (tertiary/aromatic N) is 5. The van der Waals surface area contributed by atoms with Gasteiger partial charge in [-0.05, 0) is 13.8 Å². The zero-order valence-corrected chi connectivity index (χ0v) is 14.6. The second-order valence-corrected chi connectivity index (χ2v) is 6.97. The number of aryl methyl sites for hydroxylation is 3. The van der Waals surface area contributed by atoms with Crippen molar-refractivity contribution in [3.8, 4) is 0 Å². The van der Waals surface area contributed by atoms with Gasteiger partial charge in [0, 0.05) is 57.1 Å². The van der Waals surface area contributed by atoms with Crippen LogP contribution in [-0.2, 0) is 24.9 Å². The Bertz CT molecular complexity index is 690. The van der Waals surface area contributed by atoms with Crippen LogP contribution in [0.3, 0.4) is 0 Å². The summed E-state index contributed by atoms with van der Waals surface area (Å²) in [5.41, 5.74) is 3.48. The third kappa shape index (κ3) is 2.99. The van der Waals surface area contributed by atoms with Gasteiger partial charge in [0.2, 0.25) is 0 Å². The van der Waals surface area contributed by atoms with Gasteiger partial charge in [-0.3, -0.25) is 14.5 Å². The van der Waals surface area contributed by atoms with Crippen LogP contribution in [0.15, 0.2) is 16.9 Å². The molecule has 2 fully saturated rings. The van der Waals surface area contributed by atoms with Gasteiger partial charge < -0.3 is 9.26 Å². The Hall–Kier alpha value is -1.70. The Morgan fingerprint density at radius 2 is 2.12 bits per heavy atom. The maximum atomic E-state index is 6.04. The van der Waals surface area contributed by atoms with Crippen LogP contribution in [0.4, 0.5) is 0 Å². The van der Waals surface area contributed by atoms with Gasteiger partial charge in [-0.2, -0.15) is 5.10 Å². The molecule has 0 spiro atoms. The Labute approximate surface area is 142 Å². The van der Waals surface area contributed by atoms with Gasteiger partial charge in [-0.15, -0.1) is 0 Å². The Morgan fingerprint density at radius 1 is 1.25 bits per heavy atom. The molecule has 2 aliphatic rings. The van der Waals surface area contributed by atoms with E-state index in [-0.39, 0.29) is 6.10 Å². The summed E-state index contributed by atoms with van der Waals surface area (Å²) >= 11 is 0. The van der Waals surface area contributed by atoms with Gasteiger partial charge >= 0.3 is 0 Å². The van der Waals surface area contributed by atoms with Crippen molar-refractivity contribution in [2.24, 2.45) is 7.05 Å². The number of morpholine rings is 1. The summed E-state index contributed by atoms with van der Waals surface area (Å²) in [6.07, 6.45) is 4.35. The third-order valence-corrected chi connectivity index (χ3v) is 5.20. The Balaban J connectivity index is 1.44. The van der Waals surface area contributed by atoms with Gasteiger partial charge in [0.05, 0.1) is 30.6 Å². The smallest absolute Gasteiger partial charge is 0.138 e. The lowest BCUT2D eigenvalue weighted by Crippen LogP contribution is -2.50. The summed E-state index contributed by atoms with van der Waals surface area (Å²) in [7, 11) is 1.96. The number of hydrogen-bond donors (Lipinski definition) is 0. The van der Waals surface area contributed by atoms with Crippen LogP contribution >= 0.6 is 0 Å². The maximum Gasteiger partial charge on any atom is 0.138 e. The molecule has 0 radical (unpaired) electrons. The lowest BCUT2D eigenvalue weighted by molar-refractivity contribution is -0.0504. The molecule has 0 amide bonds. The highest BCUT2D eigenvalue weighted by Gasteiger charge is 2.40. The molecule has 24 heavy (non-hydrogen) atoms. The lowest BCUT2D eigenvalue weighted by atomic mass is 10.1. The summed E-state index contributed by atoms with van der Waals surface area (Å²) in [6.45, 7) is 9.61. The summed E-state index contributed by atoms with van der Waals surface area (Å²) in [4.78, 5) is 5.00. The van der Waals surface area contributed by atoms with Gasteiger partial charge in [-0.1, -0.05) is 5.16 Å². The molecule has 130 valence electrons. The van der Waals surface area contributed by atoms with E-state index < -0.39 is 0 Å². The fourth-order valence-electron chi connectivity index (χ4n) is 3.90. The van der Waals surface area contributed by atoms with Crippen molar-refractivity contribution in [1.29, 1.82) is 0 Å². The normalized spacial score (nSPS) is 25.3. The first-order chi connectivity index (χ1) is 11.6. The monoisotopic (exact) mass is 331 g/mol. The predicted octanol–water partition coefficient (Wildman–Crippen LogP) is 1.11. The number of rotatable bonds is 4. The molecule has 0 aromatic carbocycles. The molecule has 4 heterocycles. The van der Waals surface area contributed by atoms with Crippen molar-refractivity contribution in [2.45, 2.75) is 39.1 Å². The molecule has 2 aromatic heterocycles. The molecule has 0 N–H and O–H groups in total. The first-order valence-electron chi connectivity index (χ1n) is 8.57. The molecule has 2 aromatic rings. The van der Waals surface area contributed by atoms with Crippen LogP contribution < -0.4 is 0 Å². The molecule has 7 nitrogen and oxygen atoms in total. The summed E-state index contributed by atoms with van der Waals surface area (Å²) in [5.74, 6) is 0.926. The zero-order valence-electron chi connectivity index (χ0n) is 14.6. The first-order valence-corrected chi connectivity index (χ1v) is 8.57. The highest BCUT2D eigenvalue weighted by Crippen LogP contribution is 2.26. The van der Waals surface area contributed by atoms with Crippen molar-refractivity contribution in [1.82, 2.24) is 24.7 Å². The highest BCUT2D eigenvalue weighted by atomic mass is 16.5. The molecular formula is C17H25N5O2. The molecule has 0 saturated carbocycles. The van der Waals surface area contributed by atoms with Crippen molar-refractivity contribution in [3.05, 3.63) is 35.0 Å². The Kier molecular flexibility index (Phi) is 4.15. The number of aromatic nitrogens is 3. The van der Waals surface area contributed by atoms with E-state index in [1.165, 1.54) is 11.1 Å². The second-order valence-electron chi connectivity index (χ2n) is 6.97. The van der Waals surface area contributed by atoms with E-state index in [9.17, 15) is 0 Å². The number of likely N-dealkylation sites (tertiary alicyclic amines) is 1. The fraction of sp³-hybridized carbons (Fsp3) is 0.647. The average molecular weight is 331 g/mol. The van der Waals surface area contributed by atoms with Crippen LogP contribution in [0.2, 0.25) is 0 Å². The lowest BCUT2D eigenvalue weighted by Gasteiger charge is -2.36. The average Bonchev–Trinajstić information content (AvgIpc) is 3.23. The van der Waals surface area contributed by atoms with Gasteiger partial charge in [0.15, 0.2) is 0 Å². The fourth-order valence-corrected chi connectivity index (χ4v) is 3.90. The van der Waals surface area contributed by atoms with E-state index in [2.05, 4.69) is 26.3 Å². The quantitative estimate of drug-likeness (QED) is 0.836. The van der Waals surface area contributed by atoms with Crippen molar-refractivity contribution in [3.63, 3.8) is 0 Å². The maximum absolute atomic E-state index is 6.04. The van der Waals surface area contributed by atoms with Crippen LogP contribution in [0.25, 0.3) is 0 Å². The molecule has 2 saturated heterocycles. The predicted molar refractivity (Wildman–Crippen MR) is 88.4 cm³/mol. The highest BCUT2D eigenvalue weighted by molar-refractivity contribution is 5.21. The largest absolute Gasteiger partial charge is 0.374 e. The topological polar surface area (TPSA) is 59.6 Å². The molecule has 2 aliphatic heterocycles. The summed E-state index contributed by atoms with van der Waals surface area (Å²) < 4.78 is 13.2. The van der Waals surface area contributed by atoms with Crippen molar-refractivity contribution >= 4 is 0 Å². The zero-order chi connectivity index (χ0) is 16.7. The van der Waals surface area contributed by atoms with Gasteiger partial charge in [-0.25, -0.2) is 0 Å². The Morgan fingerprint density at radius 3 is 2.83 bits per heavy atom. The number of fused-ring (bicyclic) bond motifs is 1. The van der Waals surface area contributed by atoms with Crippen LogP contribution in [0, 0.1) is 13.8 Å². The molecule has 0 bridgehead atoms. The van der Waals surface area contributed by atoms with Gasteiger partial charge in [0.25, 0.3) is 0 Å². The minimum atomic E-state index is 0.288. The van der Waals surface area contributed by atoms with E-state index in [1.54, 1.807) is 0 Å². The number of ether oxygens (including phenoxy) is 1. The molecule has 4 rings (SSSR count). The van der Waals surface area contributed by atoms with E-state index >= 15 is 0 Å². The van der Waals surface area contributed by atoms with E-state index in [4.69, 9.17) is 9.26 Å². The van der Waals surface area contributed by atoms with Gasteiger partial charge in [0.1, 0.15) is 5.76 Å². The van der Waals surface area contributed by atoms with Crippen molar-refractivity contribution in [2.75, 3.05) is 26.2 Å². The molecule has 7 heteroatoms. The van der Waals surface area contributed by atoms with E-state index in [0.29, 0.717) is 6.04 Å². The SMILES string of the molecule is Cc1noc(C)c1CN1C[C@H]2OCCN(Cc3cnn(C)c3)[C@H]2C1. The molecule has 0 aliphatic carbocycles. The van der Waals surface area contributed by atoms with E-state index in [1.807, 2.05) is 31.8 Å². The van der Waals surface area contributed by atoms with E-state index in [0.717, 1.165) is 50.8 Å². The molecule has 2 atom stereocenters. The first kappa shape index (κ1) is 15.8. The minimum Gasteiger partial charge on any atom is -0.374 e. The molecule has 0 unspecified atom stereocenters.